The van der Waals surface area contributed by atoms with E-state index in [1.807, 2.05) is 0 Å². The van der Waals surface area contributed by atoms with E-state index in [0.717, 1.165) is 10.7 Å². The first-order chi connectivity index (χ1) is 15.3. The van der Waals surface area contributed by atoms with Crippen molar-refractivity contribution in [2.45, 2.75) is 11.4 Å². The van der Waals surface area contributed by atoms with Gasteiger partial charge in [-0.15, -0.1) is 0 Å². The van der Waals surface area contributed by atoms with Crippen molar-refractivity contribution in [1.82, 2.24) is 19.0 Å². The number of amides is 1. The standard InChI is InChI=1S/C20H19N5O6S/c26-19(14-24-20(27)18-7-2-1-4-15(18)13-21-24)22-8-10-23(11-9-22)32(30,31)17-6-3-5-16(12-17)25(28)29/h1-7,12-13H,8-11,14H2. The number of nitro benzene ring substituents is 1. The molecule has 1 amide bonds. The number of hydrogen-bond donors (Lipinski definition) is 0. The van der Waals surface area contributed by atoms with Crippen molar-refractivity contribution in [2.24, 2.45) is 0 Å². The van der Waals surface area contributed by atoms with Gasteiger partial charge in [-0.2, -0.15) is 9.40 Å². The highest BCUT2D eigenvalue weighted by Gasteiger charge is 2.31. The Morgan fingerprint density at radius 2 is 1.78 bits per heavy atom. The molecule has 0 radical (unpaired) electrons. The van der Waals surface area contributed by atoms with Crippen LogP contribution < -0.4 is 5.56 Å². The second-order valence-corrected chi connectivity index (χ2v) is 9.17. The molecule has 1 aromatic heterocycles. The smallest absolute Gasteiger partial charge is 0.275 e. The van der Waals surface area contributed by atoms with E-state index in [1.54, 1.807) is 24.3 Å². The zero-order valence-electron chi connectivity index (χ0n) is 16.8. The van der Waals surface area contributed by atoms with E-state index < -0.39 is 14.9 Å². The van der Waals surface area contributed by atoms with Gasteiger partial charge in [0.05, 0.1) is 21.4 Å². The molecule has 1 aliphatic rings. The van der Waals surface area contributed by atoms with Gasteiger partial charge in [-0.3, -0.25) is 19.7 Å². The molecular weight excluding hydrogens is 438 g/mol. The molecule has 0 spiro atoms. The minimum atomic E-state index is -3.93. The Labute approximate surface area is 182 Å². The average Bonchev–Trinajstić information content (AvgIpc) is 2.81. The number of fused-ring (bicyclic) bond motifs is 1. The number of nitro groups is 1. The number of rotatable bonds is 5. The molecule has 0 unspecified atom stereocenters. The third-order valence-corrected chi connectivity index (χ3v) is 7.20. The fourth-order valence-electron chi connectivity index (χ4n) is 3.55. The molecule has 12 heteroatoms. The molecule has 1 fully saturated rings. The van der Waals surface area contributed by atoms with Gasteiger partial charge in [-0.05, 0) is 12.1 Å². The summed E-state index contributed by atoms with van der Waals surface area (Å²) in [7, 11) is -3.93. The topological polar surface area (TPSA) is 136 Å². The van der Waals surface area contributed by atoms with Crippen molar-refractivity contribution in [2.75, 3.05) is 26.2 Å². The van der Waals surface area contributed by atoms with E-state index in [0.29, 0.717) is 10.8 Å². The lowest BCUT2D eigenvalue weighted by Crippen LogP contribution is -2.51. The summed E-state index contributed by atoms with van der Waals surface area (Å²) >= 11 is 0. The van der Waals surface area contributed by atoms with Gasteiger partial charge in [0.25, 0.3) is 11.2 Å². The number of nitrogens with zero attached hydrogens (tertiary/aromatic N) is 5. The van der Waals surface area contributed by atoms with Gasteiger partial charge < -0.3 is 4.90 Å². The van der Waals surface area contributed by atoms with Crippen LogP contribution in [0.4, 0.5) is 5.69 Å². The third-order valence-electron chi connectivity index (χ3n) is 5.30. The monoisotopic (exact) mass is 457 g/mol. The molecule has 3 aromatic rings. The number of piperazine rings is 1. The van der Waals surface area contributed by atoms with E-state index in [9.17, 15) is 28.1 Å². The van der Waals surface area contributed by atoms with E-state index in [4.69, 9.17) is 0 Å². The quantitative estimate of drug-likeness (QED) is 0.409. The van der Waals surface area contributed by atoms with Gasteiger partial charge in [-0.25, -0.2) is 13.1 Å². The van der Waals surface area contributed by atoms with Crippen LogP contribution in [-0.4, -0.2) is 64.4 Å². The van der Waals surface area contributed by atoms with Crippen LogP contribution in [0, 0.1) is 10.1 Å². The zero-order valence-corrected chi connectivity index (χ0v) is 17.6. The number of aromatic nitrogens is 2. The van der Waals surface area contributed by atoms with Gasteiger partial charge in [0, 0.05) is 43.7 Å². The first-order valence-electron chi connectivity index (χ1n) is 9.74. The number of benzene rings is 2. The van der Waals surface area contributed by atoms with Crippen LogP contribution in [-0.2, 0) is 21.4 Å². The SMILES string of the molecule is O=C(Cn1ncc2ccccc2c1=O)N1CCN(S(=O)(=O)c2cccc([N+](=O)[O-])c2)CC1. The first kappa shape index (κ1) is 21.6. The molecule has 0 N–H and O–H groups in total. The summed E-state index contributed by atoms with van der Waals surface area (Å²) in [5.41, 5.74) is -0.684. The van der Waals surface area contributed by atoms with Crippen LogP contribution in [0.1, 0.15) is 0 Å². The Kier molecular flexibility index (Phi) is 5.72. The van der Waals surface area contributed by atoms with E-state index in [2.05, 4.69) is 5.10 Å². The van der Waals surface area contributed by atoms with Crippen LogP contribution in [0.15, 0.2) is 64.4 Å². The second kappa shape index (κ2) is 8.48. The maximum absolute atomic E-state index is 12.8. The largest absolute Gasteiger partial charge is 0.338 e. The van der Waals surface area contributed by atoms with E-state index >= 15 is 0 Å². The summed E-state index contributed by atoms with van der Waals surface area (Å²) in [5, 5.41) is 16.1. The molecule has 32 heavy (non-hydrogen) atoms. The Balaban J connectivity index is 1.44. The number of carbonyl (C=O) groups excluding carboxylic acids is 1. The molecule has 1 saturated heterocycles. The molecule has 2 aromatic carbocycles. The summed E-state index contributed by atoms with van der Waals surface area (Å²) < 4.78 is 28.0. The second-order valence-electron chi connectivity index (χ2n) is 7.23. The van der Waals surface area contributed by atoms with Gasteiger partial charge >= 0.3 is 0 Å². The van der Waals surface area contributed by atoms with Gasteiger partial charge in [0.15, 0.2) is 0 Å². The van der Waals surface area contributed by atoms with E-state index in [1.165, 1.54) is 33.6 Å². The molecular formula is C20H19N5O6S. The molecule has 0 bridgehead atoms. The third kappa shape index (κ3) is 4.09. The van der Waals surface area contributed by atoms with Crippen LogP contribution >= 0.6 is 0 Å². The molecule has 0 saturated carbocycles. The van der Waals surface area contributed by atoms with Crippen molar-refractivity contribution in [3.63, 3.8) is 0 Å². The summed E-state index contributed by atoms with van der Waals surface area (Å²) in [6, 6.07) is 11.8. The maximum Gasteiger partial charge on any atom is 0.275 e. The molecule has 11 nitrogen and oxygen atoms in total. The van der Waals surface area contributed by atoms with Crippen molar-refractivity contribution < 1.29 is 18.1 Å². The van der Waals surface area contributed by atoms with Gasteiger partial charge in [0.2, 0.25) is 15.9 Å². The highest BCUT2D eigenvalue weighted by molar-refractivity contribution is 7.89. The highest BCUT2D eigenvalue weighted by atomic mass is 32.2. The number of carbonyl (C=O) groups is 1. The van der Waals surface area contributed by atoms with Crippen LogP contribution in [0.25, 0.3) is 10.8 Å². The number of non-ortho nitro benzene ring substituents is 1. The van der Waals surface area contributed by atoms with Gasteiger partial charge in [-0.1, -0.05) is 24.3 Å². The average molecular weight is 457 g/mol. The molecule has 166 valence electrons. The summed E-state index contributed by atoms with van der Waals surface area (Å²) in [4.78, 5) is 36.8. The Morgan fingerprint density at radius 3 is 2.50 bits per heavy atom. The summed E-state index contributed by atoms with van der Waals surface area (Å²) in [6.07, 6.45) is 1.52. The summed E-state index contributed by atoms with van der Waals surface area (Å²) in [5.74, 6) is -0.345. The van der Waals surface area contributed by atoms with Crippen molar-refractivity contribution >= 4 is 32.4 Å². The highest BCUT2D eigenvalue weighted by Crippen LogP contribution is 2.22. The Morgan fingerprint density at radius 1 is 1.06 bits per heavy atom. The van der Waals surface area contributed by atoms with Crippen LogP contribution in [0.5, 0.6) is 0 Å². The zero-order chi connectivity index (χ0) is 22.9. The van der Waals surface area contributed by atoms with Gasteiger partial charge in [0.1, 0.15) is 6.54 Å². The van der Waals surface area contributed by atoms with Crippen molar-refractivity contribution in [1.29, 1.82) is 0 Å². The predicted molar refractivity (Wildman–Crippen MR) is 114 cm³/mol. The van der Waals surface area contributed by atoms with Crippen LogP contribution in [0.2, 0.25) is 0 Å². The first-order valence-corrected chi connectivity index (χ1v) is 11.2. The van der Waals surface area contributed by atoms with Crippen LogP contribution in [0.3, 0.4) is 0 Å². The number of sulfonamides is 1. The fraction of sp³-hybridized carbons (Fsp3) is 0.250. The minimum absolute atomic E-state index is 0.0385. The van der Waals surface area contributed by atoms with E-state index in [-0.39, 0.29) is 54.8 Å². The lowest BCUT2D eigenvalue weighted by Gasteiger charge is -2.34. The molecule has 2 heterocycles. The summed E-state index contributed by atoms with van der Waals surface area (Å²) in [6.45, 7) is 0.0968. The Bertz CT molecular complexity index is 1360. The van der Waals surface area contributed by atoms with Crippen molar-refractivity contribution in [3.8, 4) is 0 Å². The fourth-order valence-corrected chi connectivity index (χ4v) is 5.02. The van der Waals surface area contributed by atoms with Crippen molar-refractivity contribution in [3.05, 3.63) is 75.2 Å². The lowest BCUT2D eigenvalue weighted by atomic mass is 10.2. The molecule has 1 aliphatic heterocycles. The normalized spacial score (nSPS) is 15.1. The maximum atomic E-state index is 12.8. The Hall–Kier alpha value is -3.64. The number of hydrogen-bond acceptors (Lipinski definition) is 7. The molecule has 0 atom stereocenters. The predicted octanol–water partition coefficient (Wildman–Crippen LogP) is 0.838. The lowest BCUT2D eigenvalue weighted by molar-refractivity contribution is -0.385. The minimum Gasteiger partial charge on any atom is -0.338 e. The molecule has 4 rings (SSSR count). The molecule has 0 aliphatic carbocycles.